The second-order valence-corrected chi connectivity index (χ2v) is 8.60. The van der Waals surface area contributed by atoms with Crippen LogP contribution in [0.2, 0.25) is 0 Å². The van der Waals surface area contributed by atoms with Crippen molar-refractivity contribution in [2.45, 2.75) is 32.2 Å². The maximum Gasteiger partial charge on any atom is 0.321 e. The highest BCUT2D eigenvalue weighted by Gasteiger charge is 2.30. The molecule has 3 amide bonds. The Morgan fingerprint density at radius 3 is 2.45 bits per heavy atom. The Kier molecular flexibility index (Phi) is 6.75. The van der Waals surface area contributed by atoms with Crippen molar-refractivity contribution in [3.8, 4) is 0 Å². The summed E-state index contributed by atoms with van der Waals surface area (Å²) in [4.78, 5) is 31.9. The molecule has 2 saturated heterocycles. The molecular weight excluding hydrogens is 388 g/mol. The van der Waals surface area contributed by atoms with Gasteiger partial charge in [0.05, 0.1) is 5.92 Å². The molecule has 4 rings (SSSR count). The number of benzene rings is 2. The number of nitrogens with zero attached hydrogens (tertiary/aromatic N) is 3. The number of urea groups is 1. The lowest BCUT2D eigenvalue weighted by Gasteiger charge is -2.34. The highest BCUT2D eigenvalue weighted by atomic mass is 16.2. The number of anilines is 2. The lowest BCUT2D eigenvalue weighted by atomic mass is 9.96. The summed E-state index contributed by atoms with van der Waals surface area (Å²) in [6, 6.07) is 17.7. The third kappa shape index (κ3) is 5.19. The largest absolute Gasteiger partial charge is 0.371 e. The number of likely N-dealkylation sites (tertiary alicyclic amines) is 1. The number of rotatable bonds is 5. The highest BCUT2D eigenvalue weighted by Crippen LogP contribution is 2.26. The molecule has 2 aliphatic rings. The minimum atomic E-state index is -0.153. The number of nitrogens with one attached hydrogen (secondary N) is 1. The predicted octanol–water partition coefficient (Wildman–Crippen LogP) is 4.19. The van der Waals surface area contributed by atoms with Crippen LogP contribution in [-0.4, -0.2) is 55.0 Å². The Hall–Kier alpha value is -3.02. The zero-order chi connectivity index (χ0) is 21.6. The van der Waals surface area contributed by atoms with Crippen molar-refractivity contribution >= 4 is 23.3 Å². The van der Waals surface area contributed by atoms with Gasteiger partial charge in [0.15, 0.2) is 0 Å². The van der Waals surface area contributed by atoms with Crippen molar-refractivity contribution in [2.24, 2.45) is 5.92 Å². The molecule has 164 valence electrons. The van der Waals surface area contributed by atoms with Gasteiger partial charge in [0.1, 0.15) is 0 Å². The van der Waals surface area contributed by atoms with E-state index in [0.29, 0.717) is 19.6 Å². The van der Waals surface area contributed by atoms with Crippen LogP contribution in [0.4, 0.5) is 16.2 Å². The molecule has 0 spiro atoms. The second-order valence-electron chi connectivity index (χ2n) is 8.60. The fourth-order valence-corrected chi connectivity index (χ4v) is 4.64. The summed E-state index contributed by atoms with van der Waals surface area (Å²) in [5.41, 5.74) is 3.21. The Bertz CT molecular complexity index is 895. The van der Waals surface area contributed by atoms with Crippen LogP contribution in [0.3, 0.4) is 0 Å². The van der Waals surface area contributed by atoms with Crippen molar-refractivity contribution in [1.29, 1.82) is 0 Å². The first kappa shape index (κ1) is 21.2. The molecule has 0 saturated carbocycles. The summed E-state index contributed by atoms with van der Waals surface area (Å²) in [5, 5.41) is 2.94. The van der Waals surface area contributed by atoms with Crippen LogP contribution in [0.25, 0.3) is 0 Å². The SMILES string of the molecule is CN(Cc1ccccc1N1CCCC1)C(=O)[C@H]1CCCN(C(=O)Nc2ccccc2)C1. The first-order chi connectivity index (χ1) is 15.1. The first-order valence-corrected chi connectivity index (χ1v) is 11.3. The number of hydrogen-bond acceptors (Lipinski definition) is 3. The molecule has 2 aromatic rings. The van der Waals surface area contributed by atoms with E-state index in [4.69, 9.17) is 0 Å². The van der Waals surface area contributed by atoms with E-state index in [0.717, 1.165) is 31.6 Å². The van der Waals surface area contributed by atoms with E-state index in [2.05, 4.69) is 28.4 Å². The topological polar surface area (TPSA) is 55.9 Å². The summed E-state index contributed by atoms with van der Waals surface area (Å²) < 4.78 is 0. The molecular formula is C25H32N4O2. The first-order valence-electron chi connectivity index (χ1n) is 11.3. The molecule has 6 nitrogen and oxygen atoms in total. The van der Waals surface area contributed by atoms with Gasteiger partial charge in [-0.1, -0.05) is 36.4 Å². The molecule has 2 fully saturated rings. The van der Waals surface area contributed by atoms with Gasteiger partial charge >= 0.3 is 6.03 Å². The van der Waals surface area contributed by atoms with Gasteiger partial charge in [0.25, 0.3) is 0 Å². The third-order valence-electron chi connectivity index (χ3n) is 6.31. The summed E-state index contributed by atoms with van der Waals surface area (Å²) in [7, 11) is 1.88. The minimum absolute atomic E-state index is 0.119. The molecule has 0 aliphatic carbocycles. The van der Waals surface area contributed by atoms with Gasteiger partial charge in [-0.05, 0) is 49.4 Å². The lowest BCUT2D eigenvalue weighted by molar-refractivity contribution is -0.136. The van der Waals surface area contributed by atoms with Crippen LogP contribution in [0.5, 0.6) is 0 Å². The standard InChI is InChI=1S/C25H32N4O2/c1-27(18-20-10-5-6-14-23(20)28-15-7-8-16-28)24(30)21-11-9-17-29(19-21)25(31)26-22-12-3-2-4-13-22/h2-6,10,12-14,21H,7-9,11,15-19H2,1H3,(H,26,31)/t21-/m0/s1. The molecule has 2 aromatic carbocycles. The van der Waals surface area contributed by atoms with Crippen molar-refractivity contribution in [3.05, 3.63) is 60.2 Å². The third-order valence-corrected chi connectivity index (χ3v) is 6.31. The molecule has 0 aromatic heterocycles. The van der Waals surface area contributed by atoms with Gasteiger partial charge in [-0.25, -0.2) is 4.79 Å². The Morgan fingerprint density at radius 1 is 0.968 bits per heavy atom. The summed E-state index contributed by atoms with van der Waals surface area (Å²) in [6.07, 6.45) is 4.13. The van der Waals surface area contributed by atoms with E-state index in [1.165, 1.54) is 24.1 Å². The van der Waals surface area contributed by atoms with Crippen molar-refractivity contribution in [2.75, 3.05) is 43.4 Å². The van der Waals surface area contributed by atoms with Gasteiger partial charge in [-0.3, -0.25) is 4.79 Å². The average Bonchev–Trinajstić information content (AvgIpc) is 3.34. The van der Waals surface area contributed by atoms with E-state index < -0.39 is 0 Å². The van der Waals surface area contributed by atoms with Gasteiger partial charge < -0.3 is 20.0 Å². The molecule has 2 aliphatic heterocycles. The lowest BCUT2D eigenvalue weighted by Crippen LogP contribution is -2.47. The van der Waals surface area contributed by atoms with Crippen molar-refractivity contribution < 1.29 is 9.59 Å². The molecule has 0 unspecified atom stereocenters. The van der Waals surface area contributed by atoms with E-state index in [-0.39, 0.29) is 17.9 Å². The summed E-state index contributed by atoms with van der Waals surface area (Å²) >= 11 is 0. The molecule has 2 heterocycles. The van der Waals surface area contributed by atoms with Crippen LogP contribution in [-0.2, 0) is 11.3 Å². The van der Waals surface area contributed by atoms with E-state index >= 15 is 0 Å². The number of carbonyl (C=O) groups excluding carboxylic acids is 2. The van der Waals surface area contributed by atoms with Crippen LogP contribution >= 0.6 is 0 Å². The Labute approximate surface area is 184 Å². The van der Waals surface area contributed by atoms with Crippen LogP contribution in [0, 0.1) is 5.92 Å². The fourth-order valence-electron chi connectivity index (χ4n) is 4.64. The van der Waals surface area contributed by atoms with Crippen LogP contribution in [0.1, 0.15) is 31.2 Å². The molecule has 0 bridgehead atoms. The van der Waals surface area contributed by atoms with Gasteiger partial charge in [0.2, 0.25) is 5.91 Å². The molecule has 6 heteroatoms. The molecule has 31 heavy (non-hydrogen) atoms. The average molecular weight is 421 g/mol. The maximum absolute atomic E-state index is 13.2. The zero-order valence-corrected chi connectivity index (χ0v) is 18.3. The highest BCUT2D eigenvalue weighted by molar-refractivity contribution is 5.90. The Balaban J connectivity index is 1.37. The number of para-hydroxylation sites is 2. The van der Waals surface area contributed by atoms with Crippen LogP contribution in [0.15, 0.2) is 54.6 Å². The van der Waals surface area contributed by atoms with Gasteiger partial charge in [-0.15, -0.1) is 0 Å². The van der Waals surface area contributed by atoms with Crippen molar-refractivity contribution in [3.63, 3.8) is 0 Å². The fraction of sp³-hybridized carbons (Fsp3) is 0.440. The normalized spacial score (nSPS) is 18.7. The monoisotopic (exact) mass is 420 g/mol. The van der Waals surface area contributed by atoms with E-state index in [1.807, 2.05) is 48.3 Å². The van der Waals surface area contributed by atoms with Crippen molar-refractivity contribution in [1.82, 2.24) is 9.80 Å². The number of hydrogen-bond donors (Lipinski definition) is 1. The molecule has 0 radical (unpaired) electrons. The van der Waals surface area contributed by atoms with Crippen LogP contribution < -0.4 is 10.2 Å². The van der Waals surface area contributed by atoms with E-state index in [9.17, 15) is 9.59 Å². The minimum Gasteiger partial charge on any atom is -0.371 e. The number of amides is 3. The smallest absolute Gasteiger partial charge is 0.321 e. The predicted molar refractivity (Wildman–Crippen MR) is 124 cm³/mol. The molecule has 1 N–H and O–H groups in total. The second kappa shape index (κ2) is 9.86. The quantitative estimate of drug-likeness (QED) is 0.789. The molecule has 1 atom stereocenters. The Morgan fingerprint density at radius 2 is 1.68 bits per heavy atom. The van der Waals surface area contributed by atoms with Gasteiger partial charge in [-0.2, -0.15) is 0 Å². The zero-order valence-electron chi connectivity index (χ0n) is 18.3. The number of carbonyl (C=O) groups is 2. The maximum atomic E-state index is 13.2. The van der Waals surface area contributed by atoms with Gasteiger partial charge in [0, 0.05) is 51.1 Å². The summed E-state index contributed by atoms with van der Waals surface area (Å²) in [6.45, 7) is 3.92. The summed E-state index contributed by atoms with van der Waals surface area (Å²) in [5.74, 6) is -0.0346. The van der Waals surface area contributed by atoms with E-state index in [1.54, 1.807) is 4.90 Å². The number of piperidine rings is 1.